The molecule has 1 aromatic carbocycles. The number of benzene rings is 1. The zero-order chi connectivity index (χ0) is 14.7. The fourth-order valence-corrected chi connectivity index (χ4v) is 1.91. The predicted molar refractivity (Wildman–Crippen MR) is 70.6 cm³/mol. The molecule has 1 aromatic rings. The number of rotatable bonds is 3. The molecule has 110 valence electrons. The largest absolute Gasteiger partial charge is 0.508 e. The first kappa shape index (κ1) is 14.8. The average molecular weight is 282 g/mol. The van der Waals surface area contributed by atoms with Gasteiger partial charge in [0, 0.05) is 0 Å². The van der Waals surface area contributed by atoms with Crippen LogP contribution in [-0.2, 0) is 9.47 Å². The summed E-state index contributed by atoms with van der Waals surface area (Å²) in [6.07, 6.45) is -2.52. The molecule has 1 aliphatic rings. The summed E-state index contributed by atoms with van der Waals surface area (Å²) in [7, 11) is 0. The normalized spacial score (nSPS) is 34.3. The van der Waals surface area contributed by atoms with Crippen molar-refractivity contribution in [3.63, 3.8) is 0 Å². The molecule has 5 atom stereocenters. The Hall–Kier alpha value is -1.60. The van der Waals surface area contributed by atoms with E-state index in [9.17, 15) is 15.3 Å². The molecule has 0 bridgehead atoms. The number of phenolic OH excluding ortho intramolecular Hbond substituents is 1. The molecule has 4 N–H and O–H groups in total. The molecule has 0 radical (unpaired) electrons. The van der Waals surface area contributed by atoms with Gasteiger partial charge in [-0.25, -0.2) is 0 Å². The molecule has 0 saturated carbocycles. The summed E-state index contributed by atoms with van der Waals surface area (Å²) in [5.41, 5.74) is 0.793. The van der Waals surface area contributed by atoms with Gasteiger partial charge >= 0.3 is 0 Å². The Bertz CT molecular complexity index is 457. The SMILES string of the molecule is C[C@@H]1O[C@@H](O/C=C\c2ccc(O)cc2)[C@H](O)[C@H](O)[C@H]1O. The third-order valence-electron chi connectivity index (χ3n) is 3.17. The van der Waals surface area contributed by atoms with Crippen LogP contribution >= 0.6 is 0 Å². The highest BCUT2D eigenvalue weighted by Gasteiger charge is 2.42. The molecule has 1 aliphatic heterocycles. The Kier molecular flexibility index (Phi) is 4.61. The van der Waals surface area contributed by atoms with Crippen molar-refractivity contribution >= 4 is 6.08 Å². The Morgan fingerprint density at radius 2 is 1.70 bits per heavy atom. The van der Waals surface area contributed by atoms with E-state index in [1.165, 1.54) is 18.4 Å². The van der Waals surface area contributed by atoms with Gasteiger partial charge in [0.25, 0.3) is 0 Å². The molecular weight excluding hydrogens is 264 g/mol. The number of phenols is 1. The Labute approximate surface area is 116 Å². The van der Waals surface area contributed by atoms with Crippen LogP contribution in [-0.4, -0.2) is 51.1 Å². The van der Waals surface area contributed by atoms with Crippen molar-refractivity contribution in [3.8, 4) is 5.75 Å². The van der Waals surface area contributed by atoms with Gasteiger partial charge in [-0.2, -0.15) is 0 Å². The zero-order valence-electron chi connectivity index (χ0n) is 11.0. The van der Waals surface area contributed by atoms with Crippen molar-refractivity contribution < 1.29 is 29.9 Å². The van der Waals surface area contributed by atoms with Gasteiger partial charge in [0.05, 0.1) is 12.4 Å². The average Bonchev–Trinajstić information content (AvgIpc) is 2.44. The molecule has 6 heteroatoms. The second-order valence-electron chi connectivity index (χ2n) is 4.71. The summed E-state index contributed by atoms with van der Waals surface area (Å²) in [6.45, 7) is 1.58. The van der Waals surface area contributed by atoms with Crippen LogP contribution in [0.15, 0.2) is 30.5 Å². The quantitative estimate of drug-likeness (QED) is 0.591. The second-order valence-corrected chi connectivity index (χ2v) is 4.71. The fraction of sp³-hybridized carbons (Fsp3) is 0.429. The number of aliphatic hydroxyl groups is 3. The van der Waals surface area contributed by atoms with E-state index in [1.54, 1.807) is 25.1 Å². The van der Waals surface area contributed by atoms with Gasteiger partial charge < -0.3 is 29.9 Å². The molecule has 1 fully saturated rings. The summed E-state index contributed by atoms with van der Waals surface area (Å²) in [5, 5.41) is 38.0. The molecule has 20 heavy (non-hydrogen) atoms. The topological polar surface area (TPSA) is 99.4 Å². The van der Waals surface area contributed by atoms with Crippen LogP contribution < -0.4 is 0 Å². The van der Waals surface area contributed by atoms with E-state index in [4.69, 9.17) is 14.6 Å². The third kappa shape index (κ3) is 3.29. The Balaban J connectivity index is 1.94. The van der Waals surface area contributed by atoms with E-state index in [-0.39, 0.29) is 5.75 Å². The number of aromatic hydroxyl groups is 1. The van der Waals surface area contributed by atoms with Gasteiger partial charge in [-0.1, -0.05) is 12.1 Å². The maximum absolute atomic E-state index is 9.73. The van der Waals surface area contributed by atoms with Crippen LogP contribution in [0.1, 0.15) is 12.5 Å². The first-order valence-corrected chi connectivity index (χ1v) is 6.30. The lowest BCUT2D eigenvalue weighted by molar-refractivity contribution is -0.278. The van der Waals surface area contributed by atoms with E-state index >= 15 is 0 Å². The number of aliphatic hydroxyl groups excluding tert-OH is 3. The minimum atomic E-state index is -1.33. The number of hydrogen-bond donors (Lipinski definition) is 4. The van der Waals surface area contributed by atoms with Gasteiger partial charge in [-0.15, -0.1) is 0 Å². The van der Waals surface area contributed by atoms with Crippen LogP contribution in [0.5, 0.6) is 5.75 Å². The highest BCUT2D eigenvalue weighted by atomic mass is 16.7. The fourth-order valence-electron chi connectivity index (χ4n) is 1.91. The van der Waals surface area contributed by atoms with Gasteiger partial charge in [-0.05, 0) is 30.7 Å². The molecule has 2 rings (SSSR count). The molecular formula is C14H18O6. The van der Waals surface area contributed by atoms with E-state index in [2.05, 4.69) is 0 Å². The number of hydrogen-bond acceptors (Lipinski definition) is 6. The number of ether oxygens (including phenoxy) is 2. The second kappa shape index (κ2) is 6.23. The first-order valence-electron chi connectivity index (χ1n) is 6.30. The molecule has 0 amide bonds. The predicted octanol–water partition coefficient (Wildman–Crippen LogP) is 0.207. The summed E-state index contributed by atoms with van der Waals surface area (Å²) in [5.74, 6) is 0.167. The minimum Gasteiger partial charge on any atom is -0.508 e. The molecule has 0 aromatic heterocycles. The first-order chi connectivity index (χ1) is 9.49. The highest BCUT2D eigenvalue weighted by Crippen LogP contribution is 2.22. The Morgan fingerprint density at radius 1 is 1.05 bits per heavy atom. The van der Waals surface area contributed by atoms with Crippen LogP contribution in [0, 0.1) is 0 Å². The van der Waals surface area contributed by atoms with Crippen LogP contribution in [0.2, 0.25) is 0 Å². The van der Waals surface area contributed by atoms with E-state index in [1.807, 2.05) is 0 Å². The monoisotopic (exact) mass is 282 g/mol. The highest BCUT2D eigenvalue weighted by molar-refractivity contribution is 5.49. The van der Waals surface area contributed by atoms with E-state index in [0.717, 1.165) is 5.56 Å². The van der Waals surface area contributed by atoms with Crippen LogP contribution in [0.3, 0.4) is 0 Å². The Morgan fingerprint density at radius 3 is 2.35 bits per heavy atom. The van der Waals surface area contributed by atoms with Crippen molar-refractivity contribution in [1.29, 1.82) is 0 Å². The minimum absolute atomic E-state index is 0.167. The molecule has 0 unspecified atom stereocenters. The van der Waals surface area contributed by atoms with Gasteiger partial charge in [-0.3, -0.25) is 0 Å². The molecule has 1 saturated heterocycles. The third-order valence-corrected chi connectivity index (χ3v) is 3.17. The van der Waals surface area contributed by atoms with Gasteiger partial charge in [0.2, 0.25) is 6.29 Å². The van der Waals surface area contributed by atoms with E-state index < -0.39 is 30.7 Å². The summed E-state index contributed by atoms with van der Waals surface area (Å²) in [4.78, 5) is 0. The van der Waals surface area contributed by atoms with Crippen molar-refractivity contribution in [2.45, 2.75) is 37.6 Å². The summed E-state index contributed by atoms with van der Waals surface area (Å²) >= 11 is 0. The molecule has 0 aliphatic carbocycles. The van der Waals surface area contributed by atoms with Crippen molar-refractivity contribution in [2.75, 3.05) is 0 Å². The molecule has 6 nitrogen and oxygen atoms in total. The van der Waals surface area contributed by atoms with Crippen molar-refractivity contribution in [1.82, 2.24) is 0 Å². The van der Waals surface area contributed by atoms with Gasteiger partial charge in [0.15, 0.2) is 0 Å². The standard InChI is InChI=1S/C14H18O6/c1-8-11(16)12(17)13(18)14(20-8)19-7-6-9-2-4-10(15)5-3-9/h2-8,11-18H,1H3/b7-6-/t8-,11-,12+,13+,14+/m0/s1. The molecule has 1 heterocycles. The maximum Gasteiger partial charge on any atom is 0.228 e. The van der Waals surface area contributed by atoms with E-state index in [0.29, 0.717) is 0 Å². The zero-order valence-corrected chi connectivity index (χ0v) is 11.0. The molecule has 0 spiro atoms. The van der Waals surface area contributed by atoms with Crippen molar-refractivity contribution in [2.24, 2.45) is 0 Å². The summed E-state index contributed by atoms with van der Waals surface area (Å²) < 4.78 is 10.5. The lowest BCUT2D eigenvalue weighted by Crippen LogP contribution is -2.56. The van der Waals surface area contributed by atoms with Crippen LogP contribution in [0.25, 0.3) is 6.08 Å². The summed E-state index contributed by atoms with van der Waals surface area (Å²) in [6, 6.07) is 6.45. The van der Waals surface area contributed by atoms with Crippen LogP contribution in [0.4, 0.5) is 0 Å². The van der Waals surface area contributed by atoms with Gasteiger partial charge in [0.1, 0.15) is 24.1 Å². The smallest absolute Gasteiger partial charge is 0.228 e. The lowest BCUT2D eigenvalue weighted by atomic mass is 10.0. The maximum atomic E-state index is 9.73. The van der Waals surface area contributed by atoms with Crippen molar-refractivity contribution in [3.05, 3.63) is 36.1 Å². The lowest BCUT2D eigenvalue weighted by Gasteiger charge is -2.38.